The molecule has 2 N–H and O–H groups in total. The van der Waals surface area contributed by atoms with Crippen molar-refractivity contribution in [3.05, 3.63) is 33.1 Å². The van der Waals surface area contributed by atoms with Crippen LogP contribution in [-0.2, 0) is 9.47 Å². The molecule has 0 saturated carbocycles. The molecule has 1 aromatic rings. The maximum atomic E-state index is 11.7. The Hall–Kier alpha value is -1.44. The van der Waals surface area contributed by atoms with Gasteiger partial charge in [0.15, 0.2) is 6.23 Å². The number of hydrogen-bond acceptors (Lipinski definition) is 5. The fourth-order valence-electron chi connectivity index (χ4n) is 2.16. The topological polar surface area (TPSA) is 93.6 Å². The molecule has 100 valence electrons. The van der Waals surface area contributed by atoms with Crippen molar-refractivity contribution < 1.29 is 14.6 Å². The molecule has 0 aliphatic carbocycles. The number of aromatic nitrogens is 2. The molecule has 4 atom stereocenters. The van der Waals surface area contributed by atoms with Crippen LogP contribution in [0.15, 0.2) is 21.9 Å². The van der Waals surface area contributed by atoms with Crippen molar-refractivity contribution in [3.63, 3.8) is 0 Å². The van der Waals surface area contributed by atoms with Crippen molar-refractivity contribution in [1.82, 2.24) is 9.55 Å². The first-order chi connectivity index (χ1) is 8.58. The number of H-pyrrole nitrogens is 1. The maximum absolute atomic E-state index is 11.7. The van der Waals surface area contributed by atoms with E-state index in [1.165, 1.54) is 23.9 Å². The van der Waals surface area contributed by atoms with Crippen LogP contribution in [-0.4, -0.2) is 40.1 Å². The summed E-state index contributed by atoms with van der Waals surface area (Å²) in [6.07, 6.45) is -0.626. The molecule has 0 radical (unpaired) electrons. The summed E-state index contributed by atoms with van der Waals surface area (Å²) in [5, 5.41) is 9.99. The maximum Gasteiger partial charge on any atom is 0.330 e. The number of rotatable bonds is 3. The molecule has 1 saturated heterocycles. The molecule has 7 heteroatoms. The molecule has 0 spiro atoms. The standard InChI is InChI=1S/C11H16N2O5/c1-3-6-8(15)9(17-2)10(18-6)13-5-4-7(14)12-11(13)16/h4-6,8-10,15H,3H2,1-2H3,(H,12,14,16)/t6?,8?,9?,10-/m1/s1. The lowest BCUT2D eigenvalue weighted by molar-refractivity contribution is -0.0542. The average molecular weight is 256 g/mol. The van der Waals surface area contributed by atoms with Gasteiger partial charge in [-0.15, -0.1) is 0 Å². The fraction of sp³-hybridized carbons (Fsp3) is 0.636. The van der Waals surface area contributed by atoms with Gasteiger partial charge in [0.25, 0.3) is 5.56 Å². The largest absolute Gasteiger partial charge is 0.388 e. The van der Waals surface area contributed by atoms with Crippen molar-refractivity contribution in [2.24, 2.45) is 0 Å². The third-order valence-corrected chi connectivity index (χ3v) is 3.11. The molecule has 2 heterocycles. The molecule has 18 heavy (non-hydrogen) atoms. The van der Waals surface area contributed by atoms with Crippen LogP contribution in [0, 0.1) is 0 Å². The van der Waals surface area contributed by atoms with Crippen molar-refractivity contribution >= 4 is 0 Å². The predicted octanol–water partition coefficient (Wildman–Crippen LogP) is -0.780. The van der Waals surface area contributed by atoms with Crippen LogP contribution in [0.5, 0.6) is 0 Å². The molecule has 7 nitrogen and oxygen atoms in total. The van der Waals surface area contributed by atoms with Crippen LogP contribution >= 0.6 is 0 Å². The summed E-state index contributed by atoms with van der Waals surface area (Å²) in [6, 6.07) is 1.23. The highest BCUT2D eigenvalue weighted by atomic mass is 16.6. The average Bonchev–Trinajstić information content (AvgIpc) is 2.65. The number of nitrogens with zero attached hydrogens (tertiary/aromatic N) is 1. The molecule has 1 fully saturated rings. The zero-order chi connectivity index (χ0) is 13.3. The Labute approximate surface area is 103 Å². The van der Waals surface area contributed by atoms with Gasteiger partial charge in [-0.05, 0) is 6.42 Å². The van der Waals surface area contributed by atoms with E-state index in [2.05, 4.69) is 4.98 Å². The summed E-state index contributed by atoms with van der Waals surface area (Å²) in [4.78, 5) is 24.8. The van der Waals surface area contributed by atoms with E-state index in [1.807, 2.05) is 6.92 Å². The van der Waals surface area contributed by atoms with Gasteiger partial charge < -0.3 is 14.6 Å². The van der Waals surface area contributed by atoms with Crippen molar-refractivity contribution in [3.8, 4) is 0 Å². The van der Waals surface area contributed by atoms with Crippen molar-refractivity contribution in [1.29, 1.82) is 0 Å². The molecule has 3 unspecified atom stereocenters. The number of methoxy groups -OCH3 is 1. The minimum Gasteiger partial charge on any atom is -0.388 e. The van der Waals surface area contributed by atoms with Gasteiger partial charge in [0, 0.05) is 19.4 Å². The van der Waals surface area contributed by atoms with Crippen LogP contribution in [0.1, 0.15) is 19.6 Å². The Bertz CT molecular complexity index is 523. The van der Waals surface area contributed by atoms with Crippen LogP contribution < -0.4 is 11.2 Å². The molecule has 1 aliphatic rings. The highest BCUT2D eigenvalue weighted by Crippen LogP contribution is 2.31. The first-order valence-corrected chi connectivity index (χ1v) is 5.76. The van der Waals surface area contributed by atoms with E-state index in [9.17, 15) is 14.7 Å². The Balaban J connectivity index is 2.38. The number of aliphatic hydroxyl groups is 1. The Morgan fingerprint density at radius 2 is 2.28 bits per heavy atom. The summed E-state index contributed by atoms with van der Waals surface area (Å²) in [6.45, 7) is 1.87. The van der Waals surface area contributed by atoms with E-state index < -0.39 is 35.8 Å². The third kappa shape index (κ3) is 2.12. The summed E-state index contributed by atoms with van der Waals surface area (Å²) < 4.78 is 12.0. The van der Waals surface area contributed by atoms with Gasteiger partial charge in [-0.25, -0.2) is 4.79 Å². The summed E-state index contributed by atoms with van der Waals surface area (Å²) >= 11 is 0. The molecular formula is C11H16N2O5. The normalized spacial score (nSPS) is 31.7. The predicted molar refractivity (Wildman–Crippen MR) is 62.3 cm³/mol. The van der Waals surface area contributed by atoms with Gasteiger partial charge in [-0.3, -0.25) is 14.3 Å². The minimum absolute atomic E-state index is 0.390. The van der Waals surface area contributed by atoms with Gasteiger partial charge in [-0.1, -0.05) is 6.92 Å². The van der Waals surface area contributed by atoms with E-state index in [4.69, 9.17) is 9.47 Å². The van der Waals surface area contributed by atoms with Crippen molar-refractivity contribution in [2.45, 2.75) is 37.9 Å². The Kier molecular flexibility index (Phi) is 3.65. The molecule has 0 amide bonds. The Morgan fingerprint density at radius 3 is 2.83 bits per heavy atom. The lowest BCUT2D eigenvalue weighted by atomic mass is 10.1. The molecule has 1 aromatic heterocycles. The molecule has 0 aromatic carbocycles. The van der Waals surface area contributed by atoms with E-state index in [1.54, 1.807) is 0 Å². The van der Waals surface area contributed by atoms with Gasteiger partial charge in [-0.2, -0.15) is 0 Å². The van der Waals surface area contributed by atoms with E-state index in [0.717, 1.165) is 0 Å². The highest BCUT2D eigenvalue weighted by Gasteiger charge is 2.44. The summed E-state index contributed by atoms with van der Waals surface area (Å²) in [7, 11) is 1.44. The second-order valence-electron chi connectivity index (χ2n) is 4.18. The van der Waals surface area contributed by atoms with Crippen LogP contribution in [0.4, 0.5) is 0 Å². The van der Waals surface area contributed by atoms with Crippen molar-refractivity contribution in [2.75, 3.05) is 7.11 Å². The smallest absolute Gasteiger partial charge is 0.330 e. The minimum atomic E-state index is -0.802. The fourth-order valence-corrected chi connectivity index (χ4v) is 2.16. The SMILES string of the molecule is CCC1O[C@@H](n2ccc(=O)[nH]c2=O)C(OC)C1O. The number of aliphatic hydroxyl groups excluding tert-OH is 1. The van der Waals surface area contributed by atoms with Crippen LogP contribution in [0.25, 0.3) is 0 Å². The van der Waals surface area contributed by atoms with E-state index >= 15 is 0 Å². The molecule has 2 rings (SSSR count). The second-order valence-corrected chi connectivity index (χ2v) is 4.18. The highest BCUT2D eigenvalue weighted by molar-refractivity contribution is 4.93. The van der Waals surface area contributed by atoms with E-state index in [0.29, 0.717) is 6.42 Å². The summed E-state index contributed by atoms with van der Waals surface area (Å²) in [5.74, 6) is 0. The first-order valence-electron chi connectivity index (χ1n) is 5.76. The molecular weight excluding hydrogens is 240 g/mol. The quantitative estimate of drug-likeness (QED) is 0.740. The molecule has 0 bridgehead atoms. The molecule has 1 aliphatic heterocycles. The van der Waals surface area contributed by atoms with Gasteiger partial charge in [0.05, 0.1) is 6.10 Å². The third-order valence-electron chi connectivity index (χ3n) is 3.11. The second kappa shape index (κ2) is 5.05. The number of hydrogen-bond donors (Lipinski definition) is 2. The van der Waals surface area contributed by atoms with Crippen LogP contribution in [0.2, 0.25) is 0 Å². The number of ether oxygens (including phenoxy) is 2. The Morgan fingerprint density at radius 1 is 1.56 bits per heavy atom. The number of nitrogens with one attached hydrogen (secondary N) is 1. The van der Waals surface area contributed by atoms with Crippen LogP contribution in [0.3, 0.4) is 0 Å². The first kappa shape index (κ1) is 13.0. The van der Waals surface area contributed by atoms with Gasteiger partial charge in [0.1, 0.15) is 12.2 Å². The summed E-state index contributed by atoms with van der Waals surface area (Å²) in [5.41, 5.74) is -1.06. The zero-order valence-electron chi connectivity index (χ0n) is 10.2. The monoisotopic (exact) mass is 256 g/mol. The van der Waals surface area contributed by atoms with Gasteiger partial charge >= 0.3 is 5.69 Å². The number of aromatic amines is 1. The van der Waals surface area contributed by atoms with Gasteiger partial charge in [0.2, 0.25) is 0 Å². The lowest BCUT2D eigenvalue weighted by Gasteiger charge is -2.20. The zero-order valence-corrected chi connectivity index (χ0v) is 10.2. The van der Waals surface area contributed by atoms with E-state index in [-0.39, 0.29) is 0 Å². The lowest BCUT2D eigenvalue weighted by Crippen LogP contribution is -2.38.